The summed E-state index contributed by atoms with van der Waals surface area (Å²) < 4.78 is 11.1. The van der Waals surface area contributed by atoms with Crippen molar-refractivity contribution in [1.29, 1.82) is 0 Å². The van der Waals surface area contributed by atoms with Gasteiger partial charge in [-0.05, 0) is 43.9 Å². The van der Waals surface area contributed by atoms with Gasteiger partial charge in [0.15, 0.2) is 0 Å². The standard InChI is InChI=1S/C17H27NO2/c1-4-6-17-12-15(9-10-20-17)18-13(2)14-7-5-8-16(11-14)19-3/h5,7-8,11,13,15,17-18H,4,6,9-10,12H2,1-3H3. The van der Waals surface area contributed by atoms with Crippen molar-refractivity contribution in [2.45, 2.75) is 57.7 Å². The summed E-state index contributed by atoms with van der Waals surface area (Å²) in [4.78, 5) is 0. The highest BCUT2D eigenvalue weighted by Gasteiger charge is 2.23. The van der Waals surface area contributed by atoms with Crippen LogP contribution in [0.2, 0.25) is 0 Å². The molecule has 112 valence electrons. The molecule has 0 amide bonds. The number of hydrogen-bond acceptors (Lipinski definition) is 3. The zero-order chi connectivity index (χ0) is 14.4. The molecule has 3 heteroatoms. The molecule has 1 aromatic carbocycles. The maximum atomic E-state index is 5.81. The van der Waals surface area contributed by atoms with Gasteiger partial charge in [-0.2, -0.15) is 0 Å². The van der Waals surface area contributed by atoms with Crippen molar-refractivity contribution in [1.82, 2.24) is 5.32 Å². The van der Waals surface area contributed by atoms with E-state index in [4.69, 9.17) is 9.47 Å². The summed E-state index contributed by atoms with van der Waals surface area (Å²) >= 11 is 0. The summed E-state index contributed by atoms with van der Waals surface area (Å²) in [6.45, 7) is 5.32. The van der Waals surface area contributed by atoms with E-state index in [0.29, 0.717) is 18.2 Å². The van der Waals surface area contributed by atoms with E-state index in [0.717, 1.165) is 25.2 Å². The summed E-state index contributed by atoms with van der Waals surface area (Å²) in [6.07, 6.45) is 5.04. The van der Waals surface area contributed by atoms with Crippen LogP contribution in [0.5, 0.6) is 5.75 Å². The lowest BCUT2D eigenvalue weighted by molar-refractivity contribution is -0.00473. The highest BCUT2D eigenvalue weighted by Crippen LogP contribution is 2.23. The fourth-order valence-electron chi connectivity index (χ4n) is 2.92. The van der Waals surface area contributed by atoms with E-state index in [2.05, 4.69) is 37.4 Å². The minimum atomic E-state index is 0.343. The largest absolute Gasteiger partial charge is 0.497 e. The molecule has 1 aliphatic heterocycles. The van der Waals surface area contributed by atoms with Gasteiger partial charge >= 0.3 is 0 Å². The molecule has 0 aromatic heterocycles. The van der Waals surface area contributed by atoms with Crippen LogP contribution in [0.3, 0.4) is 0 Å². The lowest BCUT2D eigenvalue weighted by atomic mass is 9.98. The van der Waals surface area contributed by atoms with E-state index in [-0.39, 0.29) is 0 Å². The van der Waals surface area contributed by atoms with Gasteiger partial charge in [-0.3, -0.25) is 0 Å². The zero-order valence-electron chi connectivity index (χ0n) is 12.9. The predicted molar refractivity (Wildman–Crippen MR) is 82.2 cm³/mol. The van der Waals surface area contributed by atoms with Crippen LogP contribution in [0.1, 0.15) is 51.1 Å². The molecule has 2 rings (SSSR count). The molecule has 1 heterocycles. The minimum Gasteiger partial charge on any atom is -0.497 e. The molecule has 0 radical (unpaired) electrons. The average Bonchev–Trinajstić information content (AvgIpc) is 2.48. The first-order chi connectivity index (χ1) is 9.72. The Morgan fingerprint density at radius 3 is 3.05 bits per heavy atom. The Hall–Kier alpha value is -1.06. The molecule has 1 saturated heterocycles. The molecule has 3 atom stereocenters. The maximum Gasteiger partial charge on any atom is 0.119 e. The Morgan fingerprint density at radius 2 is 2.30 bits per heavy atom. The fraction of sp³-hybridized carbons (Fsp3) is 0.647. The SMILES string of the molecule is CCCC1CC(NC(C)c2cccc(OC)c2)CCO1. The summed E-state index contributed by atoms with van der Waals surface area (Å²) in [7, 11) is 1.71. The van der Waals surface area contributed by atoms with Crippen molar-refractivity contribution in [2.24, 2.45) is 0 Å². The van der Waals surface area contributed by atoms with E-state index in [1.807, 2.05) is 6.07 Å². The highest BCUT2D eigenvalue weighted by molar-refractivity contribution is 5.30. The summed E-state index contributed by atoms with van der Waals surface area (Å²) in [5.41, 5.74) is 1.28. The maximum absolute atomic E-state index is 5.81. The van der Waals surface area contributed by atoms with E-state index in [9.17, 15) is 0 Å². The van der Waals surface area contributed by atoms with Crippen LogP contribution in [0.25, 0.3) is 0 Å². The summed E-state index contributed by atoms with van der Waals surface area (Å²) in [6, 6.07) is 9.21. The molecular weight excluding hydrogens is 250 g/mol. The van der Waals surface area contributed by atoms with Gasteiger partial charge in [0.05, 0.1) is 13.2 Å². The lowest BCUT2D eigenvalue weighted by Gasteiger charge is -2.32. The molecule has 1 aliphatic rings. The van der Waals surface area contributed by atoms with Crippen LogP contribution in [-0.2, 0) is 4.74 Å². The first-order valence-electron chi connectivity index (χ1n) is 7.74. The van der Waals surface area contributed by atoms with Gasteiger partial charge in [-0.25, -0.2) is 0 Å². The number of nitrogens with one attached hydrogen (secondary N) is 1. The van der Waals surface area contributed by atoms with E-state index >= 15 is 0 Å². The molecule has 3 nitrogen and oxygen atoms in total. The second-order valence-electron chi connectivity index (χ2n) is 5.67. The third-order valence-electron chi connectivity index (χ3n) is 4.06. The number of benzene rings is 1. The van der Waals surface area contributed by atoms with Crippen LogP contribution >= 0.6 is 0 Å². The van der Waals surface area contributed by atoms with Gasteiger partial charge in [-0.15, -0.1) is 0 Å². The number of methoxy groups -OCH3 is 1. The van der Waals surface area contributed by atoms with Gasteiger partial charge in [0.2, 0.25) is 0 Å². The zero-order valence-corrected chi connectivity index (χ0v) is 12.9. The summed E-state index contributed by atoms with van der Waals surface area (Å²) in [5, 5.41) is 3.74. The van der Waals surface area contributed by atoms with Gasteiger partial charge in [0.25, 0.3) is 0 Å². The first-order valence-corrected chi connectivity index (χ1v) is 7.74. The second-order valence-corrected chi connectivity index (χ2v) is 5.67. The Kier molecular flexibility index (Phi) is 5.86. The van der Waals surface area contributed by atoms with Gasteiger partial charge in [-0.1, -0.05) is 25.5 Å². The molecule has 0 aliphatic carbocycles. The van der Waals surface area contributed by atoms with Gasteiger partial charge in [0.1, 0.15) is 5.75 Å². The van der Waals surface area contributed by atoms with Gasteiger partial charge < -0.3 is 14.8 Å². The molecule has 1 fully saturated rings. The van der Waals surface area contributed by atoms with Gasteiger partial charge in [0, 0.05) is 18.7 Å². The van der Waals surface area contributed by atoms with Crippen LogP contribution in [0.15, 0.2) is 24.3 Å². The smallest absolute Gasteiger partial charge is 0.119 e. The number of ether oxygens (including phenoxy) is 2. The quantitative estimate of drug-likeness (QED) is 0.860. The number of hydrogen-bond donors (Lipinski definition) is 1. The van der Waals surface area contributed by atoms with Crippen molar-refractivity contribution in [3.05, 3.63) is 29.8 Å². The molecule has 0 saturated carbocycles. The van der Waals surface area contributed by atoms with Crippen molar-refractivity contribution in [3.63, 3.8) is 0 Å². The first kappa shape index (κ1) is 15.3. The molecule has 0 spiro atoms. The Morgan fingerprint density at radius 1 is 1.45 bits per heavy atom. The molecule has 3 unspecified atom stereocenters. The molecule has 1 aromatic rings. The predicted octanol–water partition coefficient (Wildman–Crippen LogP) is 3.69. The monoisotopic (exact) mass is 277 g/mol. The highest BCUT2D eigenvalue weighted by atomic mass is 16.5. The summed E-state index contributed by atoms with van der Waals surface area (Å²) in [5.74, 6) is 0.923. The van der Waals surface area contributed by atoms with Crippen LogP contribution in [0.4, 0.5) is 0 Å². The van der Waals surface area contributed by atoms with Crippen molar-refractivity contribution in [3.8, 4) is 5.75 Å². The molecule has 1 N–H and O–H groups in total. The molecule has 20 heavy (non-hydrogen) atoms. The minimum absolute atomic E-state index is 0.343. The number of rotatable bonds is 6. The third kappa shape index (κ3) is 4.22. The molecule has 0 bridgehead atoms. The average molecular weight is 277 g/mol. The topological polar surface area (TPSA) is 30.5 Å². The normalized spacial score (nSPS) is 24.4. The van der Waals surface area contributed by atoms with Crippen molar-refractivity contribution < 1.29 is 9.47 Å². The van der Waals surface area contributed by atoms with Crippen molar-refractivity contribution in [2.75, 3.05) is 13.7 Å². The third-order valence-corrected chi connectivity index (χ3v) is 4.06. The second kappa shape index (κ2) is 7.65. The van der Waals surface area contributed by atoms with E-state index in [1.165, 1.54) is 18.4 Å². The Labute approximate surface area is 122 Å². The van der Waals surface area contributed by atoms with Crippen LogP contribution < -0.4 is 10.1 Å². The van der Waals surface area contributed by atoms with Crippen molar-refractivity contribution >= 4 is 0 Å². The van der Waals surface area contributed by atoms with E-state index < -0.39 is 0 Å². The Balaban J connectivity index is 1.91. The Bertz CT molecular complexity index is 406. The van der Waals surface area contributed by atoms with E-state index in [1.54, 1.807) is 7.11 Å². The fourth-order valence-corrected chi connectivity index (χ4v) is 2.92. The van der Waals surface area contributed by atoms with Crippen LogP contribution in [-0.4, -0.2) is 25.9 Å². The molecular formula is C17H27NO2. The lowest BCUT2D eigenvalue weighted by Crippen LogP contribution is -2.40. The van der Waals surface area contributed by atoms with Crippen LogP contribution in [0, 0.1) is 0 Å².